The van der Waals surface area contributed by atoms with Crippen LogP contribution in [0.4, 0.5) is 0 Å². The van der Waals surface area contributed by atoms with E-state index >= 15 is 0 Å². The molecule has 2 heteroatoms. The number of benzene rings is 4. The van der Waals surface area contributed by atoms with E-state index in [1.807, 2.05) is 6.92 Å². The Morgan fingerprint density at radius 1 is 0.781 bits per heavy atom. The molecule has 0 aromatic heterocycles. The second kappa shape index (κ2) is 8.63. The Morgan fingerprint density at radius 2 is 1.25 bits per heavy atom. The van der Waals surface area contributed by atoms with Crippen LogP contribution in [-0.2, 0) is 4.79 Å². The highest BCUT2D eigenvalue weighted by Gasteiger charge is 2.39. The third-order valence-corrected chi connectivity index (χ3v) is 6.78. The Morgan fingerprint density at radius 3 is 1.72 bits per heavy atom. The van der Waals surface area contributed by atoms with Crippen molar-refractivity contribution in [2.24, 2.45) is 0 Å². The third-order valence-electron chi connectivity index (χ3n) is 6.78. The van der Waals surface area contributed by atoms with Crippen LogP contribution in [0.2, 0.25) is 0 Å². The first kappa shape index (κ1) is 20.5. The largest absolute Gasteiger partial charge is 0.325 e. The van der Waals surface area contributed by atoms with Crippen LogP contribution >= 0.6 is 0 Å². The molecule has 2 nitrogen and oxygen atoms in total. The molecule has 0 unspecified atom stereocenters. The lowest BCUT2D eigenvalue weighted by Crippen LogP contribution is -2.33. The van der Waals surface area contributed by atoms with E-state index in [9.17, 15) is 4.79 Å². The molecule has 0 N–H and O–H groups in total. The van der Waals surface area contributed by atoms with Crippen molar-refractivity contribution in [3.05, 3.63) is 108 Å². The van der Waals surface area contributed by atoms with Crippen LogP contribution in [0, 0.1) is 0 Å². The van der Waals surface area contributed by atoms with Gasteiger partial charge in [0.2, 0.25) is 5.91 Å². The first-order chi connectivity index (χ1) is 15.7. The van der Waals surface area contributed by atoms with Gasteiger partial charge in [-0.1, -0.05) is 85.8 Å². The molecule has 160 valence electrons. The van der Waals surface area contributed by atoms with Gasteiger partial charge in [0.05, 0.1) is 12.1 Å². The molecule has 1 aliphatic rings. The van der Waals surface area contributed by atoms with Crippen LogP contribution in [0.25, 0.3) is 21.5 Å². The van der Waals surface area contributed by atoms with E-state index in [0.717, 1.165) is 24.8 Å². The van der Waals surface area contributed by atoms with Crippen molar-refractivity contribution in [3.63, 3.8) is 0 Å². The highest BCUT2D eigenvalue weighted by atomic mass is 16.2. The topological polar surface area (TPSA) is 20.3 Å². The van der Waals surface area contributed by atoms with Gasteiger partial charge in [-0.3, -0.25) is 4.79 Å². The van der Waals surface area contributed by atoms with Crippen molar-refractivity contribution in [3.8, 4) is 0 Å². The van der Waals surface area contributed by atoms with Crippen LogP contribution in [0.5, 0.6) is 0 Å². The molecule has 0 radical (unpaired) electrons. The van der Waals surface area contributed by atoms with E-state index in [0.29, 0.717) is 0 Å². The third kappa shape index (κ3) is 3.71. The SMILES string of the molecule is CC/C=C(\C)C(=O)N1[C@H](c2ccc3ccccc3c2)CC[C@H]1c1ccc2ccccc2c1. The maximum absolute atomic E-state index is 13.7. The van der Waals surface area contributed by atoms with E-state index in [4.69, 9.17) is 0 Å². The Kier molecular flexibility index (Phi) is 5.53. The standard InChI is InChI=1S/C30H29NO/c1-3-8-21(2)30(32)31-28(26-15-13-22-9-4-6-11-24(22)19-26)17-18-29(31)27-16-14-23-10-5-7-12-25(23)20-27/h4-16,19-20,28-29H,3,17-18H2,1-2H3/b21-8+/t28-,29-/m0/s1. The average Bonchev–Trinajstić information content (AvgIpc) is 3.28. The molecule has 32 heavy (non-hydrogen) atoms. The number of rotatable bonds is 4. The van der Waals surface area contributed by atoms with Crippen molar-refractivity contribution in [2.75, 3.05) is 0 Å². The van der Waals surface area contributed by atoms with Gasteiger partial charge in [0, 0.05) is 5.57 Å². The predicted octanol–water partition coefficient (Wildman–Crippen LogP) is 7.75. The van der Waals surface area contributed by atoms with E-state index in [2.05, 4.69) is 103 Å². The summed E-state index contributed by atoms with van der Waals surface area (Å²) in [5.41, 5.74) is 3.29. The molecule has 2 atom stereocenters. The van der Waals surface area contributed by atoms with E-state index in [1.165, 1.54) is 32.7 Å². The van der Waals surface area contributed by atoms with Gasteiger partial charge in [-0.2, -0.15) is 0 Å². The van der Waals surface area contributed by atoms with E-state index < -0.39 is 0 Å². The minimum Gasteiger partial charge on any atom is -0.325 e. The van der Waals surface area contributed by atoms with Gasteiger partial charge in [0.1, 0.15) is 0 Å². The lowest BCUT2D eigenvalue weighted by Gasteiger charge is -2.32. The first-order valence-corrected chi connectivity index (χ1v) is 11.6. The van der Waals surface area contributed by atoms with Crippen LogP contribution in [0.1, 0.15) is 56.3 Å². The molecule has 5 rings (SSSR count). The van der Waals surface area contributed by atoms with E-state index in [1.54, 1.807) is 0 Å². The molecule has 1 amide bonds. The van der Waals surface area contributed by atoms with Crippen LogP contribution in [0.15, 0.2) is 96.6 Å². The quantitative estimate of drug-likeness (QED) is 0.310. The summed E-state index contributed by atoms with van der Waals surface area (Å²) in [7, 11) is 0. The van der Waals surface area contributed by atoms with Gasteiger partial charge in [0.25, 0.3) is 0 Å². The van der Waals surface area contributed by atoms with Crippen molar-refractivity contribution in [1.82, 2.24) is 4.90 Å². The number of allylic oxidation sites excluding steroid dienone is 1. The summed E-state index contributed by atoms with van der Waals surface area (Å²) < 4.78 is 0. The Bertz CT molecular complexity index is 1230. The van der Waals surface area contributed by atoms with Crippen molar-refractivity contribution < 1.29 is 4.79 Å². The van der Waals surface area contributed by atoms with Gasteiger partial charge in [-0.25, -0.2) is 0 Å². The summed E-state index contributed by atoms with van der Waals surface area (Å²) in [6.45, 7) is 4.04. The fourth-order valence-electron chi connectivity index (χ4n) is 5.18. The Balaban J connectivity index is 1.58. The molecule has 1 fully saturated rings. The number of hydrogen-bond donors (Lipinski definition) is 0. The lowest BCUT2D eigenvalue weighted by molar-refractivity contribution is -0.130. The van der Waals surface area contributed by atoms with Crippen LogP contribution in [-0.4, -0.2) is 10.8 Å². The van der Waals surface area contributed by atoms with Crippen LogP contribution in [0.3, 0.4) is 0 Å². The van der Waals surface area contributed by atoms with Gasteiger partial charge in [-0.15, -0.1) is 0 Å². The molecule has 4 aromatic rings. The summed E-state index contributed by atoms with van der Waals surface area (Å²) in [6, 6.07) is 30.4. The zero-order chi connectivity index (χ0) is 22.1. The predicted molar refractivity (Wildman–Crippen MR) is 134 cm³/mol. The van der Waals surface area contributed by atoms with Gasteiger partial charge in [0.15, 0.2) is 0 Å². The maximum atomic E-state index is 13.7. The fraction of sp³-hybridized carbons (Fsp3) is 0.233. The summed E-state index contributed by atoms with van der Waals surface area (Å²) in [6.07, 6.45) is 4.87. The number of carbonyl (C=O) groups is 1. The summed E-state index contributed by atoms with van der Waals surface area (Å²) in [5, 5.41) is 4.93. The molecule has 1 aliphatic heterocycles. The van der Waals surface area contributed by atoms with Crippen molar-refractivity contribution in [2.45, 2.75) is 45.2 Å². The molecular weight excluding hydrogens is 390 g/mol. The van der Waals surface area contributed by atoms with Crippen LogP contribution < -0.4 is 0 Å². The number of carbonyl (C=O) groups excluding carboxylic acids is 1. The Hall–Kier alpha value is -3.39. The second-order valence-electron chi connectivity index (χ2n) is 8.83. The van der Waals surface area contributed by atoms with Crippen molar-refractivity contribution >= 4 is 27.5 Å². The van der Waals surface area contributed by atoms with E-state index in [-0.39, 0.29) is 18.0 Å². The minimum absolute atomic E-state index is 0.0868. The molecule has 0 saturated carbocycles. The monoisotopic (exact) mass is 419 g/mol. The number of fused-ring (bicyclic) bond motifs is 2. The number of nitrogens with zero attached hydrogens (tertiary/aromatic N) is 1. The maximum Gasteiger partial charge on any atom is 0.250 e. The molecule has 4 aromatic carbocycles. The molecule has 0 spiro atoms. The van der Waals surface area contributed by atoms with Gasteiger partial charge >= 0.3 is 0 Å². The van der Waals surface area contributed by atoms with Crippen molar-refractivity contribution in [1.29, 1.82) is 0 Å². The zero-order valence-electron chi connectivity index (χ0n) is 18.8. The molecule has 0 bridgehead atoms. The summed E-state index contributed by atoms with van der Waals surface area (Å²) in [4.78, 5) is 15.8. The minimum atomic E-state index is 0.0868. The fourth-order valence-corrected chi connectivity index (χ4v) is 5.18. The average molecular weight is 420 g/mol. The smallest absolute Gasteiger partial charge is 0.250 e. The molecule has 1 saturated heterocycles. The summed E-state index contributed by atoms with van der Waals surface area (Å²) >= 11 is 0. The summed E-state index contributed by atoms with van der Waals surface area (Å²) in [5.74, 6) is 0.153. The normalized spacial score (nSPS) is 19.1. The Labute approximate surface area is 190 Å². The first-order valence-electron chi connectivity index (χ1n) is 11.6. The highest BCUT2D eigenvalue weighted by molar-refractivity contribution is 5.94. The van der Waals surface area contributed by atoms with Gasteiger partial charge < -0.3 is 4.90 Å². The highest BCUT2D eigenvalue weighted by Crippen LogP contribution is 2.45. The number of amides is 1. The molecule has 1 heterocycles. The second-order valence-corrected chi connectivity index (χ2v) is 8.83. The zero-order valence-corrected chi connectivity index (χ0v) is 18.8. The molecule has 0 aliphatic carbocycles. The lowest BCUT2D eigenvalue weighted by atomic mass is 10.00. The number of likely N-dealkylation sites (tertiary alicyclic amines) is 1. The number of hydrogen-bond acceptors (Lipinski definition) is 1. The molecular formula is C30H29NO. The van der Waals surface area contributed by atoms with Gasteiger partial charge in [-0.05, 0) is 71.0 Å².